The van der Waals surface area contributed by atoms with Crippen molar-refractivity contribution >= 4 is 23.3 Å². The Labute approximate surface area is 163 Å². The second-order valence-corrected chi connectivity index (χ2v) is 6.60. The predicted octanol–water partition coefficient (Wildman–Crippen LogP) is 2.79. The van der Waals surface area contributed by atoms with E-state index >= 15 is 0 Å². The number of unbranched alkanes of at least 4 members (excludes halogenated alkanes) is 2. The molecule has 8 heteroatoms. The Morgan fingerprint density at radius 3 is 2.57 bits per heavy atom. The first kappa shape index (κ1) is 19.0. The van der Waals surface area contributed by atoms with Gasteiger partial charge in [-0.25, -0.2) is 9.98 Å². The number of aliphatic imine (C=N–C) groups is 1. The number of anilines is 3. The Hall–Kier alpha value is -3.78. The number of aromatic nitrogens is 1. The molecule has 1 atom stereocenters. The number of nitrogens with two attached hydrogens (primary N) is 2. The second kappa shape index (κ2) is 8.28. The number of guanidine groups is 1. The third-order valence-electron chi connectivity index (χ3n) is 4.72. The molecule has 2 heterocycles. The summed E-state index contributed by atoms with van der Waals surface area (Å²) in [6.07, 6.45) is 6.42. The van der Waals surface area contributed by atoms with Crippen molar-refractivity contribution in [2.45, 2.75) is 38.6 Å². The largest absolute Gasteiger partial charge is 0.397 e. The summed E-state index contributed by atoms with van der Waals surface area (Å²) in [5, 5.41) is 23.7. The smallest absolute Gasteiger partial charge is 0.211 e. The number of nitrogens with zero attached hydrogens (tertiary/aromatic N) is 4. The van der Waals surface area contributed by atoms with Crippen molar-refractivity contribution in [3.05, 3.63) is 46.5 Å². The monoisotopic (exact) mass is 374 g/mol. The van der Waals surface area contributed by atoms with E-state index in [9.17, 15) is 5.26 Å². The zero-order valence-electron chi connectivity index (χ0n) is 15.7. The molecule has 0 amide bonds. The Kier molecular flexibility index (Phi) is 5.61. The molecule has 1 aliphatic rings. The number of pyridine rings is 1. The Bertz CT molecular complexity index is 979. The summed E-state index contributed by atoms with van der Waals surface area (Å²) in [6, 6.07) is 9.64. The lowest BCUT2D eigenvalue weighted by atomic mass is 9.94. The number of aryl methyl sites for hydroxylation is 1. The van der Waals surface area contributed by atoms with Gasteiger partial charge in [-0.1, -0.05) is 44.0 Å². The highest BCUT2D eigenvalue weighted by Gasteiger charge is 2.29. The van der Waals surface area contributed by atoms with E-state index in [1.165, 1.54) is 18.4 Å². The van der Waals surface area contributed by atoms with E-state index in [0.717, 1.165) is 18.4 Å². The van der Waals surface area contributed by atoms with Gasteiger partial charge >= 0.3 is 0 Å². The maximum atomic E-state index is 9.37. The van der Waals surface area contributed by atoms with Gasteiger partial charge < -0.3 is 16.8 Å². The van der Waals surface area contributed by atoms with Gasteiger partial charge in [0.15, 0.2) is 6.19 Å². The topological polar surface area (TPSA) is 149 Å². The van der Waals surface area contributed by atoms with Crippen LogP contribution < -0.4 is 22.1 Å². The molecule has 8 nitrogen and oxygen atoms in total. The van der Waals surface area contributed by atoms with Crippen LogP contribution in [0.5, 0.6) is 0 Å². The molecule has 0 fully saturated rings. The van der Waals surface area contributed by atoms with Crippen molar-refractivity contribution in [2.24, 2.45) is 4.99 Å². The summed E-state index contributed by atoms with van der Waals surface area (Å²) in [4.78, 5) is 8.81. The van der Waals surface area contributed by atoms with Crippen LogP contribution in [0.1, 0.15) is 54.5 Å². The lowest BCUT2D eigenvalue weighted by Crippen LogP contribution is -2.32. The van der Waals surface area contributed by atoms with Gasteiger partial charge in [0.05, 0.1) is 5.69 Å². The first-order chi connectivity index (χ1) is 13.6. The second-order valence-electron chi connectivity index (χ2n) is 6.60. The van der Waals surface area contributed by atoms with Crippen LogP contribution in [-0.4, -0.2) is 10.9 Å². The Morgan fingerprint density at radius 2 is 1.93 bits per heavy atom. The molecule has 3 rings (SSSR count). The number of nitriles is 2. The molecule has 1 unspecified atom stereocenters. The van der Waals surface area contributed by atoms with E-state index in [1.807, 2.05) is 24.4 Å². The minimum absolute atomic E-state index is 0.0366. The van der Waals surface area contributed by atoms with Gasteiger partial charge in [-0.15, -0.1) is 0 Å². The molecule has 0 spiro atoms. The van der Waals surface area contributed by atoms with Gasteiger partial charge in [0.25, 0.3) is 0 Å². The summed E-state index contributed by atoms with van der Waals surface area (Å²) in [7, 11) is 0. The fraction of sp³-hybridized carbons (Fsp3) is 0.300. The molecule has 1 aromatic carbocycles. The average molecular weight is 374 g/mol. The number of rotatable bonds is 5. The van der Waals surface area contributed by atoms with E-state index in [-0.39, 0.29) is 23.0 Å². The molecular weight excluding hydrogens is 352 g/mol. The van der Waals surface area contributed by atoms with Crippen molar-refractivity contribution in [1.29, 1.82) is 10.5 Å². The number of benzene rings is 1. The average Bonchev–Trinajstić information content (AvgIpc) is 2.68. The van der Waals surface area contributed by atoms with Crippen molar-refractivity contribution < 1.29 is 0 Å². The molecule has 0 saturated heterocycles. The van der Waals surface area contributed by atoms with Gasteiger partial charge in [-0.3, -0.25) is 5.32 Å². The first-order valence-corrected chi connectivity index (χ1v) is 9.16. The minimum atomic E-state index is -0.503. The molecule has 142 valence electrons. The predicted molar refractivity (Wildman–Crippen MR) is 109 cm³/mol. The van der Waals surface area contributed by atoms with Gasteiger partial charge in [-0.2, -0.15) is 10.5 Å². The standard InChI is InChI=1S/C20H22N8/c1-2-3-4-5-12-6-8-13(9-7-12)17-15-16(23)14(10-21)18(24)27-19(15)28-20(26-17)25-11-22/h6-9,17H,2-5H2,1H3,(H6,23,24,25,26,27,28). The van der Waals surface area contributed by atoms with Crippen molar-refractivity contribution in [2.75, 3.05) is 16.8 Å². The SMILES string of the molecule is CCCCCc1ccc(C2N=C(NC#N)Nc3nc(N)c(C#N)c(N)c32)cc1. The lowest BCUT2D eigenvalue weighted by molar-refractivity contribution is 0.717. The summed E-state index contributed by atoms with van der Waals surface area (Å²) >= 11 is 0. The first-order valence-electron chi connectivity index (χ1n) is 9.16. The highest BCUT2D eigenvalue weighted by molar-refractivity contribution is 5.98. The lowest BCUT2D eigenvalue weighted by Gasteiger charge is -2.26. The number of fused-ring (bicyclic) bond motifs is 1. The molecular formula is C20H22N8. The van der Waals surface area contributed by atoms with Gasteiger partial charge in [0.2, 0.25) is 5.96 Å². The van der Waals surface area contributed by atoms with Gasteiger partial charge in [0.1, 0.15) is 29.3 Å². The van der Waals surface area contributed by atoms with Crippen LogP contribution in [0.3, 0.4) is 0 Å². The molecule has 0 saturated carbocycles. The van der Waals surface area contributed by atoms with Gasteiger partial charge in [-0.05, 0) is 24.0 Å². The zero-order chi connectivity index (χ0) is 20.1. The quantitative estimate of drug-likeness (QED) is 0.357. The highest BCUT2D eigenvalue weighted by Crippen LogP contribution is 2.40. The fourth-order valence-electron chi connectivity index (χ4n) is 3.27. The molecule has 0 radical (unpaired) electrons. The van der Waals surface area contributed by atoms with E-state index < -0.39 is 6.04 Å². The summed E-state index contributed by atoms with van der Waals surface area (Å²) in [5.74, 6) is 0.677. The molecule has 0 bridgehead atoms. The molecule has 1 aliphatic heterocycles. The Morgan fingerprint density at radius 1 is 1.18 bits per heavy atom. The summed E-state index contributed by atoms with van der Waals surface area (Å²) in [6.45, 7) is 2.18. The van der Waals surface area contributed by atoms with E-state index in [4.69, 9.17) is 16.7 Å². The highest BCUT2D eigenvalue weighted by atomic mass is 15.2. The third-order valence-corrected chi connectivity index (χ3v) is 4.72. The van der Waals surface area contributed by atoms with E-state index in [2.05, 4.69) is 39.7 Å². The summed E-state index contributed by atoms with van der Waals surface area (Å²) in [5.41, 5.74) is 15.2. The van der Waals surface area contributed by atoms with Crippen LogP contribution in [0.25, 0.3) is 0 Å². The third kappa shape index (κ3) is 3.67. The van der Waals surface area contributed by atoms with Crippen LogP contribution >= 0.6 is 0 Å². The molecule has 2 aromatic rings. The maximum Gasteiger partial charge on any atom is 0.211 e. The number of nitrogen functional groups attached to an aromatic ring is 2. The maximum absolute atomic E-state index is 9.37. The molecule has 28 heavy (non-hydrogen) atoms. The van der Waals surface area contributed by atoms with Crippen LogP contribution in [0.4, 0.5) is 17.3 Å². The fourth-order valence-corrected chi connectivity index (χ4v) is 3.27. The number of nitrogens with one attached hydrogen (secondary N) is 2. The molecule has 6 N–H and O–H groups in total. The number of hydrogen-bond acceptors (Lipinski definition) is 8. The van der Waals surface area contributed by atoms with E-state index in [0.29, 0.717) is 11.4 Å². The summed E-state index contributed by atoms with van der Waals surface area (Å²) < 4.78 is 0. The van der Waals surface area contributed by atoms with Crippen molar-refractivity contribution in [1.82, 2.24) is 10.3 Å². The van der Waals surface area contributed by atoms with E-state index in [1.54, 1.807) is 0 Å². The zero-order valence-corrected chi connectivity index (χ0v) is 15.7. The molecule has 0 aliphatic carbocycles. The normalized spacial score (nSPS) is 14.8. The van der Waals surface area contributed by atoms with Crippen molar-refractivity contribution in [3.63, 3.8) is 0 Å². The minimum Gasteiger partial charge on any atom is -0.397 e. The molecule has 1 aromatic heterocycles. The van der Waals surface area contributed by atoms with Crippen LogP contribution in [0, 0.1) is 22.8 Å². The van der Waals surface area contributed by atoms with Crippen LogP contribution in [0.2, 0.25) is 0 Å². The van der Waals surface area contributed by atoms with Crippen molar-refractivity contribution in [3.8, 4) is 12.3 Å². The van der Waals surface area contributed by atoms with Crippen LogP contribution in [-0.2, 0) is 6.42 Å². The number of hydrogen-bond donors (Lipinski definition) is 4. The van der Waals surface area contributed by atoms with Gasteiger partial charge in [0, 0.05) is 5.56 Å². The Balaban J connectivity index is 2.02. The van der Waals surface area contributed by atoms with Crippen LogP contribution in [0.15, 0.2) is 29.3 Å².